The molecule has 0 aromatic heterocycles. The lowest BCUT2D eigenvalue weighted by Gasteiger charge is -2.13. The Labute approximate surface area is 103 Å². The van der Waals surface area contributed by atoms with Crippen molar-refractivity contribution in [1.82, 2.24) is 0 Å². The SMILES string of the molecule is C=CCC(C)Nc1cc(Br)ccc1[N+](=O)[O-]. The molecular weight excluding hydrogens is 272 g/mol. The Kier molecular flexibility index (Phi) is 4.49. The quantitative estimate of drug-likeness (QED) is 0.509. The van der Waals surface area contributed by atoms with Gasteiger partial charge in [-0.25, -0.2) is 0 Å². The summed E-state index contributed by atoms with van der Waals surface area (Å²) in [7, 11) is 0. The van der Waals surface area contributed by atoms with E-state index in [0.29, 0.717) is 5.69 Å². The molecule has 4 nitrogen and oxygen atoms in total. The molecule has 0 saturated heterocycles. The van der Waals surface area contributed by atoms with Crippen molar-refractivity contribution in [3.05, 3.63) is 45.4 Å². The van der Waals surface area contributed by atoms with E-state index in [0.717, 1.165) is 10.9 Å². The molecule has 0 bridgehead atoms. The summed E-state index contributed by atoms with van der Waals surface area (Å²) in [4.78, 5) is 10.4. The number of nitrogens with one attached hydrogen (secondary N) is 1. The van der Waals surface area contributed by atoms with Gasteiger partial charge < -0.3 is 5.32 Å². The predicted molar refractivity (Wildman–Crippen MR) is 68.7 cm³/mol. The van der Waals surface area contributed by atoms with Crippen LogP contribution in [0.2, 0.25) is 0 Å². The third kappa shape index (κ3) is 3.34. The molecule has 1 rings (SSSR count). The second kappa shape index (κ2) is 5.65. The van der Waals surface area contributed by atoms with Gasteiger partial charge in [0, 0.05) is 16.6 Å². The molecule has 0 aliphatic rings. The van der Waals surface area contributed by atoms with Crippen LogP contribution in [0.25, 0.3) is 0 Å². The first-order chi connectivity index (χ1) is 7.54. The Balaban J connectivity index is 2.96. The van der Waals surface area contributed by atoms with Gasteiger partial charge in [0.15, 0.2) is 0 Å². The van der Waals surface area contributed by atoms with Crippen molar-refractivity contribution in [2.75, 3.05) is 5.32 Å². The van der Waals surface area contributed by atoms with Gasteiger partial charge in [0.1, 0.15) is 5.69 Å². The number of hydrogen-bond acceptors (Lipinski definition) is 3. The Morgan fingerprint density at radius 3 is 2.94 bits per heavy atom. The molecule has 1 unspecified atom stereocenters. The monoisotopic (exact) mass is 284 g/mol. The van der Waals surface area contributed by atoms with Crippen molar-refractivity contribution < 1.29 is 4.92 Å². The summed E-state index contributed by atoms with van der Waals surface area (Å²) >= 11 is 3.29. The highest BCUT2D eigenvalue weighted by atomic mass is 79.9. The van der Waals surface area contributed by atoms with Crippen LogP contribution in [0.4, 0.5) is 11.4 Å². The fourth-order valence-electron chi connectivity index (χ4n) is 1.36. The molecule has 0 saturated carbocycles. The van der Waals surface area contributed by atoms with Crippen LogP contribution >= 0.6 is 15.9 Å². The van der Waals surface area contributed by atoms with Gasteiger partial charge >= 0.3 is 0 Å². The van der Waals surface area contributed by atoms with Crippen LogP contribution in [-0.4, -0.2) is 11.0 Å². The zero-order chi connectivity index (χ0) is 12.1. The van der Waals surface area contributed by atoms with E-state index < -0.39 is 4.92 Å². The maximum atomic E-state index is 10.8. The van der Waals surface area contributed by atoms with Crippen LogP contribution in [0.15, 0.2) is 35.3 Å². The van der Waals surface area contributed by atoms with Crippen LogP contribution < -0.4 is 5.32 Å². The minimum Gasteiger partial charge on any atom is -0.377 e. The number of halogens is 1. The first kappa shape index (κ1) is 12.7. The maximum absolute atomic E-state index is 10.8. The molecule has 1 aromatic rings. The van der Waals surface area contributed by atoms with Gasteiger partial charge in [0.05, 0.1) is 4.92 Å². The fraction of sp³-hybridized carbons (Fsp3) is 0.273. The third-order valence-corrected chi connectivity index (χ3v) is 2.57. The Hall–Kier alpha value is -1.36. The van der Waals surface area contributed by atoms with Gasteiger partial charge in [-0.2, -0.15) is 0 Å². The van der Waals surface area contributed by atoms with E-state index in [-0.39, 0.29) is 11.7 Å². The summed E-state index contributed by atoms with van der Waals surface area (Å²) < 4.78 is 0.811. The average molecular weight is 285 g/mol. The fourth-order valence-corrected chi connectivity index (χ4v) is 1.72. The zero-order valence-corrected chi connectivity index (χ0v) is 10.5. The van der Waals surface area contributed by atoms with E-state index in [1.165, 1.54) is 6.07 Å². The van der Waals surface area contributed by atoms with E-state index in [4.69, 9.17) is 0 Å². The summed E-state index contributed by atoms with van der Waals surface area (Å²) in [6.07, 6.45) is 2.53. The van der Waals surface area contributed by atoms with Crippen molar-refractivity contribution in [3.63, 3.8) is 0 Å². The molecule has 5 heteroatoms. The summed E-state index contributed by atoms with van der Waals surface area (Å²) in [5.41, 5.74) is 0.604. The van der Waals surface area contributed by atoms with Gasteiger partial charge in [-0.05, 0) is 25.5 Å². The molecular formula is C11H13BrN2O2. The molecule has 16 heavy (non-hydrogen) atoms. The van der Waals surface area contributed by atoms with Crippen molar-refractivity contribution in [3.8, 4) is 0 Å². The summed E-state index contributed by atoms with van der Waals surface area (Å²) in [6.45, 7) is 5.58. The average Bonchev–Trinajstić information content (AvgIpc) is 2.17. The molecule has 1 N–H and O–H groups in total. The number of nitro benzene ring substituents is 1. The van der Waals surface area contributed by atoms with E-state index in [1.54, 1.807) is 18.2 Å². The van der Waals surface area contributed by atoms with Gasteiger partial charge in [0.25, 0.3) is 5.69 Å². The van der Waals surface area contributed by atoms with E-state index in [9.17, 15) is 10.1 Å². The smallest absolute Gasteiger partial charge is 0.292 e. The first-order valence-electron chi connectivity index (χ1n) is 4.86. The highest BCUT2D eigenvalue weighted by molar-refractivity contribution is 9.10. The molecule has 0 fully saturated rings. The lowest BCUT2D eigenvalue weighted by molar-refractivity contribution is -0.384. The largest absolute Gasteiger partial charge is 0.377 e. The van der Waals surface area contributed by atoms with Gasteiger partial charge in [-0.3, -0.25) is 10.1 Å². The normalized spacial score (nSPS) is 11.9. The first-order valence-corrected chi connectivity index (χ1v) is 5.65. The summed E-state index contributed by atoms with van der Waals surface area (Å²) in [5.74, 6) is 0. The number of hydrogen-bond donors (Lipinski definition) is 1. The standard InChI is InChI=1S/C11H13BrN2O2/c1-3-4-8(2)13-10-7-9(12)5-6-11(10)14(15)16/h3,5-8,13H,1,4H2,2H3. The summed E-state index contributed by atoms with van der Waals surface area (Å²) in [6, 6.07) is 4.96. The number of anilines is 1. The van der Waals surface area contributed by atoms with Crippen LogP contribution in [-0.2, 0) is 0 Å². The molecule has 0 radical (unpaired) electrons. The third-order valence-electron chi connectivity index (χ3n) is 2.08. The van der Waals surface area contributed by atoms with Crippen LogP contribution in [0.3, 0.4) is 0 Å². The second-order valence-electron chi connectivity index (χ2n) is 3.49. The van der Waals surface area contributed by atoms with Crippen molar-refractivity contribution in [1.29, 1.82) is 0 Å². The number of nitrogens with zero attached hydrogens (tertiary/aromatic N) is 1. The van der Waals surface area contributed by atoms with E-state index in [2.05, 4.69) is 27.8 Å². The Morgan fingerprint density at radius 1 is 1.69 bits per heavy atom. The highest BCUT2D eigenvalue weighted by Crippen LogP contribution is 2.28. The summed E-state index contributed by atoms with van der Waals surface area (Å²) in [5, 5.41) is 13.9. The van der Waals surface area contributed by atoms with Crippen LogP contribution in [0, 0.1) is 10.1 Å². The molecule has 86 valence electrons. The minimum absolute atomic E-state index is 0.0825. The van der Waals surface area contributed by atoms with Crippen LogP contribution in [0.5, 0.6) is 0 Å². The van der Waals surface area contributed by atoms with Gasteiger partial charge in [0.2, 0.25) is 0 Å². The number of rotatable bonds is 5. The van der Waals surface area contributed by atoms with Crippen molar-refractivity contribution in [2.24, 2.45) is 0 Å². The second-order valence-corrected chi connectivity index (χ2v) is 4.40. The molecule has 0 aliphatic heterocycles. The topological polar surface area (TPSA) is 55.2 Å². The van der Waals surface area contributed by atoms with E-state index >= 15 is 0 Å². The molecule has 1 atom stereocenters. The zero-order valence-electron chi connectivity index (χ0n) is 8.94. The van der Waals surface area contributed by atoms with Crippen LogP contribution in [0.1, 0.15) is 13.3 Å². The van der Waals surface area contributed by atoms with Crippen molar-refractivity contribution >= 4 is 27.3 Å². The number of nitro groups is 1. The molecule has 0 amide bonds. The Morgan fingerprint density at radius 2 is 2.38 bits per heavy atom. The number of benzene rings is 1. The molecule has 0 spiro atoms. The Bertz CT molecular complexity index is 407. The highest BCUT2D eigenvalue weighted by Gasteiger charge is 2.14. The van der Waals surface area contributed by atoms with Gasteiger partial charge in [-0.15, -0.1) is 6.58 Å². The maximum Gasteiger partial charge on any atom is 0.292 e. The lowest BCUT2D eigenvalue weighted by atomic mass is 10.2. The molecule has 0 heterocycles. The molecule has 0 aliphatic carbocycles. The van der Waals surface area contributed by atoms with Gasteiger partial charge in [-0.1, -0.05) is 22.0 Å². The molecule has 1 aromatic carbocycles. The lowest BCUT2D eigenvalue weighted by Crippen LogP contribution is -2.14. The predicted octanol–water partition coefficient (Wildman–Crippen LogP) is 3.73. The van der Waals surface area contributed by atoms with E-state index in [1.807, 2.05) is 6.92 Å². The van der Waals surface area contributed by atoms with Crippen molar-refractivity contribution in [2.45, 2.75) is 19.4 Å². The minimum atomic E-state index is -0.393.